The second-order valence-electron chi connectivity index (χ2n) is 6.86. The zero-order valence-corrected chi connectivity index (χ0v) is 16.5. The number of amides is 1. The van der Waals surface area contributed by atoms with Crippen LogP contribution in [0.3, 0.4) is 0 Å². The van der Waals surface area contributed by atoms with Crippen molar-refractivity contribution in [1.29, 1.82) is 0 Å². The quantitative estimate of drug-likeness (QED) is 0.558. The summed E-state index contributed by atoms with van der Waals surface area (Å²) >= 11 is 1.41. The summed E-state index contributed by atoms with van der Waals surface area (Å²) in [5, 5.41) is 0. The van der Waals surface area contributed by atoms with Crippen LogP contribution >= 0.6 is 11.3 Å². The summed E-state index contributed by atoms with van der Waals surface area (Å²) in [6.07, 6.45) is -0.0374. The first kappa shape index (κ1) is 19.3. The fourth-order valence-electron chi connectivity index (χ4n) is 3.33. The van der Waals surface area contributed by atoms with Gasteiger partial charge < -0.3 is 9.64 Å². The molecule has 27 heavy (non-hydrogen) atoms. The number of para-hydroxylation sites is 1. The van der Waals surface area contributed by atoms with Crippen LogP contribution < -0.4 is 4.90 Å². The molecular weight excluding hydrogens is 362 g/mol. The Bertz CT molecular complexity index is 873. The molecule has 0 radical (unpaired) electrons. The second kappa shape index (κ2) is 8.05. The van der Waals surface area contributed by atoms with Crippen LogP contribution in [0.2, 0.25) is 0 Å². The van der Waals surface area contributed by atoms with E-state index in [1.54, 1.807) is 17.9 Å². The van der Waals surface area contributed by atoms with Crippen molar-refractivity contribution in [3.05, 3.63) is 51.7 Å². The van der Waals surface area contributed by atoms with Crippen LogP contribution in [0.4, 0.5) is 5.69 Å². The zero-order valence-electron chi connectivity index (χ0n) is 15.7. The molecule has 2 atom stereocenters. The van der Waals surface area contributed by atoms with Gasteiger partial charge in [0.25, 0.3) is 5.91 Å². The van der Waals surface area contributed by atoms with Crippen molar-refractivity contribution in [1.82, 2.24) is 0 Å². The van der Waals surface area contributed by atoms with Gasteiger partial charge in [0.1, 0.15) is 0 Å². The lowest BCUT2D eigenvalue weighted by atomic mass is 10.1. The molecule has 0 fully saturated rings. The van der Waals surface area contributed by atoms with E-state index in [0.717, 1.165) is 22.5 Å². The molecule has 1 amide bonds. The van der Waals surface area contributed by atoms with Crippen molar-refractivity contribution in [3.8, 4) is 0 Å². The van der Waals surface area contributed by atoms with E-state index in [-0.39, 0.29) is 30.6 Å². The average molecular weight is 385 g/mol. The number of fused-ring (bicyclic) bond motifs is 1. The maximum absolute atomic E-state index is 12.8. The molecule has 0 bridgehead atoms. The Morgan fingerprint density at radius 1 is 1.19 bits per heavy atom. The van der Waals surface area contributed by atoms with Crippen LogP contribution in [0.25, 0.3) is 0 Å². The highest BCUT2D eigenvalue weighted by Gasteiger charge is 2.34. The Hall–Kier alpha value is -2.47. The number of Topliss-reactive ketones (excluding diaryl/α,β-unsaturated/α-hetero) is 1. The number of ether oxygens (including phenoxy) is 1. The van der Waals surface area contributed by atoms with Crippen molar-refractivity contribution < 1.29 is 19.1 Å². The van der Waals surface area contributed by atoms with E-state index >= 15 is 0 Å². The van der Waals surface area contributed by atoms with E-state index in [0.29, 0.717) is 4.88 Å². The number of aryl methyl sites for hydroxylation is 1. The molecule has 0 unspecified atom stereocenters. The predicted molar refractivity (Wildman–Crippen MR) is 105 cm³/mol. The average Bonchev–Trinajstić information content (AvgIpc) is 3.21. The summed E-state index contributed by atoms with van der Waals surface area (Å²) in [5.74, 6) is -0.843. The molecule has 0 spiro atoms. The summed E-state index contributed by atoms with van der Waals surface area (Å²) in [5.41, 5.74) is 2.00. The van der Waals surface area contributed by atoms with Crippen molar-refractivity contribution in [2.75, 3.05) is 4.90 Å². The predicted octanol–water partition coefficient (Wildman–Crippen LogP) is 3.93. The Morgan fingerprint density at radius 2 is 1.93 bits per heavy atom. The molecule has 3 rings (SSSR count). The lowest BCUT2D eigenvalue weighted by Crippen LogP contribution is -2.43. The van der Waals surface area contributed by atoms with E-state index < -0.39 is 12.1 Å². The van der Waals surface area contributed by atoms with E-state index in [1.807, 2.05) is 44.2 Å². The van der Waals surface area contributed by atoms with Crippen LogP contribution in [-0.4, -0.2) is 29.8 Å². The number of carbonyl (C=O) groups is 3. The monoisotopic (exact) mass is 385 g/mol. The maximum atomic E-state index is 12.8. The number of anilines is 1. The molecule has 0 saturated carbocycles. The fourth-order valence-corrected chi connectivity index (χ4v) is 4.16. The van der Waals surface area contributed by atoms with E-state index in [1.165, 1.54) is 11.3 Å². The minimum absolute atomic E-state index is 0.0275. The van der Waals surface area contributed by atoms with Gasteiger partial charge in [-0.25, -0.2) is 0 Å². The number of rotatable bonds is 6. The molecule has 2 heterocycles. The molecule has 2 aromatic rings. The highest BCUT2D eigenvalue weighted by molar-refractivity contribution is 7.14. The lowest BCUT2D eigenvalue weighted by molar-refractivity contribution is -0.153. The smallest absolute Gasteiger partial charge is 0.307 e. The molecule has 1 aromatic carbocycles. The van der Waals surface area contributed by atoms with Crippen LogP contribution in [-0.2, 0) is 20.7 Å². The van der Waals surface area contributed by atoms with Crippen molar-refractivity contribution in [2.45, 2.75) is 52.2 Å². The summed E-state index contributed by atoms with van der Waals surface area (Å²) in [6.45, 7) is 5.49. The van der Waals surface area contributed by atoms with Gasteiger partial charge in [0.05, 0.1) is 11.3 Å². The van der Waals surface area contributed by atoms with E-state index in [4.69, 9.17) is 4.74 Å². The van der Waals surface area contributed by atoms with Crippen molar-refractivity contribution >= 4 is 34.7 Å². The highest BCUT2D eigenvalue weighted by Crippen LogP contribution is 2.32. The standard InChI is InChI=1S/C21H23NO4S/c1-13-12-16-6-4-5-7-17(16)22(13)21(25)15(3)26-20(24)11-9-18(23)19-10-8-14(2)27-19/h4-8,10,13,15H,9,11-12H2,1-3H3/t13-,15-/m1/s1. The van der Waals surface area contributed by atoms with Gasteiger partial charge in [-0.2, -0.15) is 0 Å². The number of carbonyl (C=O) groups excluding carboxylic acids is 3. The molecule has 1 aliphatic heterocycles. The Labute approximate surface area is 162 Å². The van der Waals surface area contributed by atoms with Crippen LogP contribution in [0, 0.1) is 6.92 Å². The first-order chi connectivity index (χ1) is 12.9. The summed E-state index contributed by atoms with van der Waals surface area (Å²) < 4.78 is 5.30. The number of ketones is 1. The summed E-state index contributed by atoms with van der Waals surface area (Å²) in [7, 11) is 0. The van der Waals surface area contributed by atoms with Gasteiger partial charge in [-0.15, -0.1) is 11.3 Å². The van der Waals surface area contributed by atoms with Gasteiger partial charge in [-0.05, 0) is 51.0 Å². The fraction of sp³-hybridized carbons (Fsp3) is 0.381. The Balaban J connectivity index is 1.55. The normalized spacial score (nSPS) is 16.7. The van der Waals surface area contributed by atoms with E-state index in [2.05, 4.69) is 0 Å². The molecule has 0 aliphatic carbocycles. The first-order valence-corrected chi connectivity index (χ1v) is 9.88. The number of nitrogens with zero attached hydrogens (tertiary/aromatic N) is 1. The molecule has 0 saturated heterocycles. The van der Waals surface area contributed by atoms with Gasteiger partial charge >= 0.3 is 5.97 Å². The van der Waals surface area contributed by atoms with Crippen molar-refractivity contribution in [3.63, 3.8) is 0 Å². The molecular formula is C21H23NO4S. The molecule has 5 nitrogen and oxygen atoms in total. The number of hydrogen-bond acceptors (Lipinski definition) is 5. The summed E-state index contributed by atoms with van der Waals surface area (Å²) in [4.78, 5) is 40.4. The minimum Gasteiger partial charge on any atom is -0.453 e. The van der Waals surface area contributed by atoms with Crippen LogP contribution in [0.5, 0.6) is 0 Å². The lowest BCUT2D eigenvalue weighted by Gasteiger charge is -2.25. The first-order valence-electron chi connectivity index (χ1n) is 9.07. The van der Waals surface area contributed by atoms with Gasteiger partial charge in [0.15, 0.2) is 11.9 Å². The molecule has 1 aliphatic rings. The Morgan fingerprint density at radius 3 is 2.63 bits per heavy atom. The second-order valence-corrected chi connectivity index (χ2v) is 8.14. The maximum Gasteiger partial charge on any atom is 0.307 e. The third kappa shape index (κ3) is 4.27. The molecule has 6 heteroatoms. The zero-order chi connectivity index (χ0) is 19.6. The molecule has 142 valence electrons. The van der Waals surface area contributed by atoms with Crippen LogP contribution in [0.1, 0.15) is 46.8 Å². The van der Waals surface area contributed by atoms with Gasteiger partial charge in [-0.1, -0.05) is 18.2 Å². The summed E-state index contributed by atoms with van der Waals surface area (Å²) in [6, 6.07) is 11.4. The SMILES string of the molecule is Cc1ccc(C(=O)CCC(=O)O[C@H](C)C(=O)N2c3ccccc3C[C@H]2C)s1. The highest BCUT2D eigenvalue weighted by atomic mass is 32.1. The number of hydrogen-bond donors (Lipinski definition) is 0. The van der Waals surface area contributed by atoms with E-state index in [9.17, 15) is 14.4 Å². The molecule has 1 aromatic heterocycles. The number of benzene rings is 1. The Kier molecular flexibility index (Phi) is 5.75. The third-order valence-electron chi connectivity index (χ3n) is 4.67. The van der Waals surface area contributed by atoms with Gasteiger partial charge in [0.2, 0.25) is 0 Å². The van der Waals surface area contributed by atoms with Crippen molar-refractivity contribution in [2.24, 2.45) is 0 Å². The minimum atomic E-state index is -0.884. The van der Waals surface area contributed by atoms with Gasteiger partial charge in [0, 0.05) is 23.0 Å². The number of esters is 1. The third-order valence-corrected chi connectivity index (χ3v) is 5.71. The number of thiophene rings is 1. The van der Waals surface area contributed by atoms with Crippen LogP contribution in [0.15, 0.2) is 36.4 Å². The largest absolute Gasteiger partial charge is 0.453 e. The van der Waals surface area contributed by atoms with Gasteiger partial charge in [-0.3, -0.25) is 14.4 Å². The molecule has 0 N–H and O–H groups in total. The topological polar surface area (TPSA) is 63.7 Å².